The number of para-hydroxylation sites is 1. The Bertz CT molecular complexity index is 1820. The quantitative estimate of drug-likeness (QED) is 0.0555. The topological polar surface area (TPSA) is 50.5 Å². The van der Waals surface area contributed by atoms with E-state index in [1.807, 2.05) is 53.2 Å². The molecule has 0 saturated heterocycles. The molecule has 0 N–H and O–H groups in total. The molecule has 0 aliphatic heterocycles. The number of nitrogens with zero attached hydrogens (tertiary/aromatic N) is 1. The molecule has 0 amide bonds. The Morgan fingerprint density at radius 1 is 0.581 bits per heavy atom. The first-order valence-electron chi connectivity index (χ1n) is 14.8. The molecule has 6 rings (SSSR count). The van der Waals surface area contributed by atoms with E-state index in [9.17, 15) is 8.42 Å². The average molecular weight is 720 g/mol. The van der Waals surface area contributed by atoms with Gasteiger partial charge in [0.15, 0.2) is 0 Å². The number of halogens is 1. The van der Waals surface area contributed by atoms with Crippen molar-refractivity contribution >= 4 is 78.0 Å². The van der Waals surface area contributed by atoms with Crippen molar-refractivity contribution in [2.24, 2.45) is 0 Å². The van der Waals surface area contributed by atoms with Crippen molar-refractivity contribution in [3.63, 3.8) is 0 Å². The molecule has 220 valence electrons. The van der Waals surface area contributed by atoms with Crippen molar-refractivity contribution in [2.45, 2.75) is 30.6 Å². The van der Waals surface area contributed by atoms with Gasteiger partial charge in [-0.05, 0) is 6.07 Å². The number of unbranched alkanes of at least 4 members (excludes halogenated alkanes) is 3. The van der Waals surface area contributed by atoms with E-state index in [0.29, 0.717) is 12.1 Å². The fourth-order valence-corrected chi connectivity index (χ4v) is 13.2. The van der Waals surface area contributed by atoms with Crippen molar-refractivity contribution in [3.05, 3.63) is 133 Å². The van der Waals surface area contributed by atoms with Crippen LogP contribution in [0.4, 0.5) is 0 Å². The van der Waals surface area contributed by atoms with Crippen molar-refractivity contribution in [2.75, 3.05) is 12.7 Å². The standard InChI is InChI=1S/C36H35INO3PS/c37-38(43(39,40)32-24-25-34-33-22-12-13-23-35(33)41-36(34)28-32)26-14-1-2-15-27-42(29-16-6-3-7-17-29,30-18-8-4-9-19-30)31-20-10-5-11-21-31/h3-13,16-25,28,42H,1-2,14-15,26-27H2. The van der Waals surface area contributed by atoms with Gasteiger partial charge < -0.3 is 0 Å². The molecule has 43 heavy (non-hydrogen) atoms. The number of sulfonamides is 1. The minimum atomic E-state index is -3.63. The van der Waals surface area contributed by atoms with E-state index in [-0.39, 0.29) is 4.90 Å². The van der Waals surface area contributed by atoms with Gasteiger partial charge in [0.05, 0.1) is 0 Å². The molecular formula is C36H35INO3PS. The third-order valence-electron chi connectivity index (χ3n) is 8.34. The number of benzene rings is 5. The molecule has 0 fully saturated rings. The van der Waals surface area contributed by atoms with E-state index in [2.05, 4.69) is 91.0 Å². The van der Waals surface area contributed by atoms with Gasteiger partial charge in [-0.3, -0.25) is 0 Å². The third kappa shape index (κ3) is 6.16. The van der Waals surface area contributed by atoms with Gasteiger partial charge in [0.25, 0.3) is 0 Å². The molecule has 7 heteroatoms. The monoisotopic (exact) mass is 719 g/mol. The Morgan fingerprint density at radius 2 is 1.09 bits per heavy atom. The van der Waals surface area contributed by atoms with Crippen molar-refractivity contribution in [1.82, 2.24) is 2.52 Å². The maximum atomic E-state index is 13.4. The molecule has 5 aromatic carbocycles. The Morgan fingerprint density at radius 3 is 1.70 bits per heavy atom. The van der Waals surface area contributed by atoms with Gasteiger partial charge >= 0.3 is 235 Å². The van der Waals surface area contributed by atoms with Crippen LogP contribution in [0.3, 0.4) is 0 Å². The summed E-state index contributed by atoms with van der Waals surface area (Å²) in [5.41, 5.74) is 1.35. The van der Waals surface area contributed by atoms with Crippen LogP contribution >= 0.6 is 30.1 Å². The van der Waals surface area contributed by atoms with Gasteiger partial charge in [0, 0.05) is 5.39 Å². The molecule has 0 saturated carbocycles. The van der Waals surface area contributed by atoms with Gasteiger partial charge in [0.2, 0.25) is 0 Å². The normalized spacial score (nSPS) is 12.7. The molecule has 4 nitrogen and oxygen atoms in total. The minimum absolute atomic E-state index is 0.262. The molecule has 0 aliphatic rings. The summed E-state index contributed by atoms with van der Waals surface area (Å²) >= 11 is 1.94. The molecule has 1 heterocycles. The zero-order chi connectivity index (χ0) is 29.7. The van der Waals surface area contributed by atoms with Crippen LogP contribution in [0.5, 0.6) is 0 Å². The molecular weight excluding hydrogens is 684 g/mol. The second-order valence-electron chi connectivity index (χ2n) is 10.9. The molecule has 0 unspecified atom stereocenters. The molecule has 0 radical (unpaired) electrons. The Hall–Kier alpha value is -3.03. The summed E-state index contributed by atoms with van der Waals surface area (Å²) in [5.74, 6) is 0. The maximum absolute atomic E-state index is 13.4. The number of hydrogen-bond donors (Lipinski definition) is 0. The van der Waals surface area contributed by atoms with E-state index in [0.717, 1.165) is 48.2 Å². The Labute approximate surface area is 268 Å². The van der Waals surface area contributed by atoms with Crippen LogP contribution in [-0.4, -0.2) is 23.6 Å². The van der Waals surface area contributed by atoms with Crippen LogP contribution in [0.2, 0.25) is 0 Å². The molecule has 0 spiro atoms. The first kappa shape index (κ1) is 30.0. The van der Waals surface area contributed by atoms with Gasteiger partial charge in [-0.15, -0.1) is 0 Å². The summed E-state index contributed by atoms with van der Waals surface area (Å²) in [6.45, 7) is 0.472. The molecule has 1 aromatic heterocycles. The van der Waals surface area contributed by atoms with Crippen LogP contribution in [0.15, 0.2) is 143 Å². The van der Waals surface area contributed by atoms with Crippen LogP contribution in [-0.2, 0) is 10.0 Å². The summed E-state index contributed by atoms with van der Waals surface area (Å²) in [7, 11) is -5.86. The average Bonchev–Trinajstić information content (AvgIpc) is 3.44. The van der Waals surface area contributed by atoms with Crippen LogP contribution in [0, 0.1) is 0 Å². The second kappa shape index (κ2) is 13.3. The third-order valence-corrected chi connectivity index (χ3v) is 17.0. The fourth-order valence-electron chi connectivity index (χ4n) is 6.18. The summed E-state index contributed by atoms with van der Waals surface area (Å²) in [4.78, 5) is 0.262. The van der Waals surface area contributed by atoms with E-state index in [1.54, 1.807) is 12.1 Å². The Balaban J connectivity index is 1.12. The van der Waals surface area contributed by atoms with Crippen LogP contribution in [0.1, 0.15) is 25.7 Å². The molecule has 0 bridgehead atoms. The molecule has 0 aliphatic carbocycles. The zero-order valence-electron chi connectivity index (χ0n) is 23.9. The first-order valence-corrected chi connectivity index (χ1v) is 19.4. The van der Waals surface area contributed by atoms with Gasteiger partial charge in [0.1, 0.15) is 5.58 Å². The number of fused-ring (bicyclic) bond motifs is 3. The first-order chi connectivity index (χ1) is 21.0. The summed E-state index contributed by atoms with van der Waals surface area (Å²) in [6, 6.07) is 46.0. The summed E-state index contributed by atoms with van der Waals surface area (Å²) < 4.78 is 34.2. The number of hydrogen-bond acceptors (Lipinski definition) is 3. The Kier molecular flexibility index (Phi) is 9.29. The fraction of sp³-hybridized carbons (Fsp3) is 0.167. The predicted octanol–water partition coefficient (Wildman–Crippen LogP) is 8.21. The van der Waals surface area contributed by atoms with Crippen molar-refractivity contribution in [1.29, 1.82) is 0 Å². The molecule has 0 atom stereocenters. The van der Waals surface area contributed by atoms with Crippen LogP contribution in [0.25, 0.3) is 21.9 Å². The zero-order valence-corrected chi connectivity index (χ0v) is 27.9. The van der Waals surface area contributed by atoms with Crippen molar-refractivity contribution in [3.8, 4) is 0 Å². The van der Waals surface area contributed by atoms with Gasteiger partial charge in [-0.1, -0.05) is 18.2 Å². The predicted molar refractivity (Wildman–Crippen MR) is 192 cm³/mol. The van der Waals surface area contributed by atoms with Gasteiger partial charge in [-0.2, -0.15) is 0 Å². The number of furan rings is 1. The number of rotatable bonds is 12. The van der Waals surface area contributed by atoms with Crippen LogP contribution < -0.4 is 15.9 Å². The van der Waals surface area contributed by atoms with E-state index < -0.39 is 17.3 Å². The molecule has 6 aromatic rings. The van der Waals surface area contributed by atoms with Crippen molar-refractivity contribution < 1.29 is 12.8 Å². The summed E-state index contributed by atoms with van der Waals surface area (Å²) in [5, 5.41) is 6.21. The second-order valence-corrected chi connectivity index (χ2v) is 18.7. The van der Waals surface area contributed by atoms with E-state index in [4.69, 9.17) is 4.42 Å². The van der Waals surface area contributed by atoms with E-state index >= 15 is 0 Å². The van der Waals surface area contributed by atoms with E-state index in [1.165, 1.54) is 18.4 Å². The van der Waals surface area contributed by atoms with Gasteiger partial charge in [-0.25, -0.2) is 0 Å². The SMILES string of the molecule is O=S(=O)(c1ccc2c(c1)oc1ccccc12)N(I)CCCCCC[PH](c1ccccc1)(c1ccccc1)c1ccccc1. The summed E-state index contributed by atoms with van der Waals surface area (Å²) in [6.07, 6.45) is 5.03.